The normalized spacial score (nSPS) is 23.0. The summed E-state index contributed by atoms with van der Waals surface area (Å²) in [7, 11) is 0. The zero-order valence-corrected chi connectivity index (χ0v) is 18.9. The number of hydrogen-bond acceptors (Lipinski definition) is 5. The fourth-order valence-corrected chi connectivity index (χ4v) is 4.02. The third kappa shape index (κ3) is 13.7. The molecule has 0 aromatic rings. The lowest BCUT2D eigenvalue weighted by molar-refractivity contribution is -0.0813. The Morgan fingerprint density at radius 2 is 1.21 bits per heavy atom. The van der Waals surface area contributed by atoms with Gasteiger partial charge in [0.05, 0.1) is 13.2 Å². The van der Waals surface area contributed by atoms with Crippen LogP contribution in [-0.2, 0) is 9.47 Å². The van der Waals surface area contributed by atoms with Gasteiger partial charge in [-0.15, -0.1) is 0 Å². The van der Waals surface area contributed by atoms with Gasteiger partial charge in [-0.1, -0.05) is 103 Å². The molecule has 1 aliphatic rings. The molecule has 5 nitrogen and oxygen atoms in total. The average molecular weight is 417 g/mol. The molecule has 0 spiro atoms. The summed E-state index contributed by atoms with van der Waals surface area (Å²) in [4.78, 5) is 0. The molecule has 174 valence electrons. The first-order chi connectivity index (χ1) is 14.2. The summed E-state index contributed by atoms with van der Waals surface area (Å²) in [6, 6.07) is 0. The van der Waals surface area contributed by atoms with E-state index in [-0.39, 0.29) is 13.2 Å². The molecule has 0 aromatic heterocycles. The van der Waals surface area contributed by atoms with Gasteiger partial charge in [0.15, 0.2) is 0 Å². The summed E-state index contributed by atoms with van der Waals surface area (Å²) in [6.45, 7) is 3.12. The number of aliphatic hydroxyl groups excluding tert-OH is 3. The van der Waals surface area contributed by atoms with Crippen LogP contribution >= 0.6 is 0 Å². The Kier molecular flexibility index (Phi) is 17.2. The van der Waals surface area contributed by atoms with E-state index in [1.807, 2.05) is 0 Å². The van der Waals surface area contributed by atoms with E-state index in [1.165, 1.54) is 89.9 Å². The molecule has 0 aliphatic carbocycles. The number of ether oxygens (including phenoxy) is 2. The van der Waals surface area contributed by atoms with Crippen molar-refractivity contribution in [1.29, 1.82) is 0 Å². The van der Waals surface area contributed by atoms with Crippen molar-refractivity contribution in [2.24, 2.45) is 0 Å². The predicted octanol–water partition coefficient (Wildman–Crippen LogP) is 4.75. The summed E-state index contributed by atoms with van der Waals surface area (Å²) in [5, 5.41) is 29.1. The molecule has 0 saturated carbocycles. The first kappa shape index (κ1) is 26.8. The third-order valence-corrected chi connectivity index (χ3v) is 6.00. The maximum Gasteiger partial charge on any atom is 0.114 e. The van der Waals surface area contributed by atoms with Gasteiger partial charge in [0.1, 0.15) is 24.4 Å². The second kappa shape index (κ2) is 18.6. The lowest BCUT2D eigenvalue weighted by Gasteiger charge is -2.20. The molecule has 0 radical (unpaired) electrons. The molecule has 1 aliphatic heterocycles. The van der Waals surface area contributed by atoms with Gasteiger partial charge in [-0.05, 0) is 6.42 Å². The third-order valence-electron chi connectivity index (χ3n) is 6.00. The van der Waals surface area contributed by atoms with E-state index < -0.39 is 24.4 Å². The van der Waals surface area contributed by atoms with Gasteiger partial charge in [-0.25, -0.2) is 0 Å². The second-order valence-electron chi connectivity index (χ2n) is 8.80. The van der Waals surface area contributed by atoms with Gasteiger partial charge in [0, 0.05) is 6.61 Å². The maximum atomic E-state index is 9.95. The first-order valence-corrected chi connectivity index (χ1v) is 12.4. The Morgan fingerprint density at radius 3 is 1.62 bits per heavy atom. The van der Waals surface area contributed by atoms with E-state index in [0.717, 1.165) is 12.8 Å². The topological polar surface area (TPSA) is 79.2 Å². The summed E-state index contributed by atoms with van der Waals surface area (Å²) < 4.78 is 10.7. The summed E-state index contributed by atoms with van der Waals surface area (Å²) in [5.41, 5.74) is 0. The lowest BCUT2D eigenvalue weighted by Crippen LogP contribution is -2.40. The Bertz CT molecular complexity index is 352. The zero-order valence-electron chi connectivity index (χ0n) is 18.9. The van der Waals surface area contributed by atoms with Crippen molar-refractivity contribution in [2.45, 2.75) is 134 Å². The maximum absolute atomic E-state index is 9.95. The van der Waals surface area contributed by atoms with E-state index in [1.54, 1.807) is 0 Å². The molecule has 0 bridgehead atoms. The van der Waals surface area contributed by atoms with E-state index in [4.69, 9.17) is 9.47 Å². The standard InChI is InChI=1S/C24H48O5/c1-2-3-4-5-6-7-8-9-10-11-12-13-14-15-16-17-18-28-19-22(26)24-23(27)21(25)20-29-24/h21-27H,2-20H2,1H3/t21-,22+,23-,24-/m0/s1. The van der Waals surface area contributed by atoms with Crippen molar-refractivity contribution in [3.05, 3.63) is 0 Å². The van der Waals surface area contributed by atoms with Crippen LogP contribution in [0.5, 0.6) is 0 Å². The second-order valence-corrected chi connectivity index (χ2v) is 8.80. The fourth-order valence-electron chi connectivity index (χ4n) is 4.02. The van der Waals surface area contributed by atoms with Crippen molar-refractivity contribution in [2.75, 3.05) is 19.8 Å². The molecule has 0 amide bonds. The van der Waals surface area contributed by atoms with Crippen LogP contribution in [0.2, 0.25) is 0 Å². The summed E-state index contributed by atoms with van der Waals surface area (Å²) >= 11 is 0. The molecule has 29 heavy (non-hydrogen) atoms. The highest BCUT2D eigenvalue weighted by Crippen LogP contribution is 2.18. The number of unbranched alkanes of at least 4 members (excludes halogenated alkanes) is 15. The van der Waals surface area contributed by atoms with Gasteiger partial charge in [0.2, 0.25) is 0 Å². The van der Waals surface area contributed by atoms with Crippen molar-refractivity contribution >= 4 is 0 Å². The molecule has 1 fully saturated rings. The number of hydrogen-bond donors (Lipinski definition) is 3. The Hall–Kier alpha value is -0.200. The van der Waals surface area contributed by atoms with Crippen LogP contribution in [0.3, 0.4) is 0 Å². The molecule has 0 unspecified atom stereocenters. The first-order valence-electron chi connectivity index (χ1n) is 12.4. The highest BCUT2D eigenvalue weighted by Gasteiger charge is 2.39. The van der Waals surface area contributed by atoms with Crippen molar-refractivity contribution in [3.63, 3.8) is 0 Å². The van der Waals surface area contributed by atoms with Crippen molar-refractivity contribution < 1.29 is 24.8 Å². The molecular weight excluding hydrogens is 368 g/mol. The van der Waals surface area contributed by atoms with Crippen LogP contribution in [0.15, 0.2) is 0 Å². The van der Waals surface area contributed by atoms with Gasteiger partial charge < -0.3 is 24.8 Å². The van der Waals surface area contributed by atoms with Gasteiger partial charge >= 0.3 is 0 Å². The highest BCUT2D eigenvalue weighted by atomic mass is 16.5. The molecule has 1 heterocycles. The molecular formula is C24H48O5. The minimum Gasteiger partial charge on any atom is -0.388 e. The monoisotopic (exact) mass is 416 g/mol. The van der Waals surface area contributed by atoms with Crippen LogP contribution in [0, 0.1) is 0 Å². The molecule has 1 rings (SSSR count). The molecule has 1 saturated heterocycles. The quantitative estimate of drug-likeness (QED) is 0.250. The predicted molar refractivity (Wildman–Crippen MR) is 118 cm³/mol. The van der Waals surface area contributed by atoms with Gasteiger partial charge in [0.25, 0.3) is 0 Å². The minimum absolute atomic E-state index is 0.0714. The SMILES string of the molecule is CCCCCCCCCCCCCCCCCCOC[C@@H](O)[C@@H]1OC[C@H](O)[C@@H]1O. The Morgan fingerprint density at radius 1 is 0.759 bits per heavy atom. The number of rotatable bonds is 20. The lowest BCUT2D eigenvalue weighted by atomic mass is 10.0. The summed E-state index contributed by atoms with van der Waals surface area (Å²) in [5.74, 6) is 0. The highest BCUT2D eigenvalue weighted by molar-refractivity contribution is 4.87. The largest absolute Gasteiger partial charge is 0.388 e. The summed E-state index contributed by atoms with van der Waals surface area (Å²) in [6.07, 6.45) is 18.0. The van der Waals surface area contributed by atoms with Crippen LogP contribution in [0.4, 0.5) is 0 Å². The molecule has 5 heteroatoms. The minimum atomic E-state index is -1.02. The number of aliphatic hydroxyl groups is 3. The van der Waals surface area contributed by atoms with Crippen molar-refractivity contribution in [1.82, 2.24) is 0 Å². The van der Waals surface area contributed by atoms with Crippen LogP contribution in [0.1, 0.15) is 110 Å². The van der Waals surface area contributed by atoms with Crippen LogP contribution < -0.4 is 0 Å². The Balaban J connectivity index is 1.74. The average Bonchev–Trinajstić information content (AvgIpc) is 3.05. The van der Waals surface area contributed by atoms with Crippen LogP contribution in [0.25, 0.3) is 0 Å². The Labute approximate surface area is 179 Å². The van der Waals surface area contributed by atoms with Crippen LogP contribution in [-0.4, -0.2) is 59.6 Å². The van der Waals surface area contributed by atoms with Gasteiger partial charge in [-0.3, -0.25) is 0 Å². The molecule has 3 N–H and O–H groups in total. The molecule has 4 atom stereocenters. The van der Waals surface area contributed by atoms with E-state index >= 15 is 0 Å². The van der Waals surface area contributed by atoms with E-state index in [2.05, 4.69) is 6.92 Å². The zero-order chi connectivity index (χ0) is 21.2. The van der Waals surface area contributed by atoms with E-state index in [0.29, 0.717) is 6.61 Å². The molecule has 0 aromatic carbocycles. The van der Waals surface area contributed by atoms with E-state index in [9.17, 15) is 15.3 Å². The van der Waals surface area contributed by atoms with Gasteiger partial charge in [-0.2, -0.15) is 0 Å². The van der Waals surface area contributed by atoms with Crippen molar-refractivity contribution in [3.8, 4) is 0 Å². The smallest absolute Gasteiger partial charge is 0.114 e. The fraction of sp³-hybridized carbons (Fsp3) is 1.00.